The van der Waals surface area contributed by atoms with Crippen LogP contribution in [0.3, 0.4) is 0 Å². The number of nitrogens with two attached hydrogens (primary N) is 1. The molecule has 2 rings (SSSR count). The Morgan fingerprint density at radius 2 is 2.07 bits per heavy atom. The maximum absolute atomic E-state index is 5.67. The minimum atomic E-state index is 0.372. The summed E-state index contributed by atoms with van der Waals surface area (Å²) in [5.41, 5.74) is 7.73. The second-order valence-electron chi connectivity index (χ2n) is 4.04. The summed E-state index contributed by atoms with van der Waals surface area (Å²) >= 11 is 0. The van der Waals surface area contributed by atoms with Gasteiger partial charge in [-0.15, -0.1) is 0 Å². The molecule has 0 aliphatic carbocycles. The molecule has 0 radical (unpaired) electrons. The molecule has 3 nitrogen and oxygen atoms in total. The summed E-state index contributed by atoms with van der Waals surface area (Å²) in [4.78, 5) is 2.36. The number of hydrogen-bond donors (Lipinski definition) is 1. The Bertz CT molecular complexity index is 310. The topological polar surface area (TPSA) is 38.5 Å². The molecular weight excluding hydrogens is 188 g/mol. The molecule has 1 aromatic carbocycles. The molecular formula is C12H18N2O. The molecule has 1 aliphatic heterocycles. The lowest BCUT2D eigenvalue weighted by atomic mass is 10.1. The van der Waals surface area contributed by atoms with Crippen LogP contribution >= 0.6 is 0 Å². The van der Waals surface area contributed by atoms with Crippen LogP contribution in [0.1, 0.15) is 12.8 Å². The smallest absolute Gasteiger partial charge is 0.0746 e. The van der Waals surface area contributed by atoms with Gasteiger partial charge < -0.3 is 15.4 Å². The number of piperidine rings is 1. The molecule has 1 fully saturated rings. The van der Waals surface area contributed by atoms with Gasteiger partial charge in [0.05, 0.1) is 6.10 Å². The molecule has 0 aromatic heterocycles. The fraction of sp³-hybridized carbons (Fsp3) is 0.500. The maximum atomic E-state index is 5.67. The fourth-order valence-electron chi connectivity index (χ4n) is 2.05. The van der Waals surface area contributed by atoms with Gasteiger partial charge in [-0.2, -0.15) is 0 Å². The van der Waals surface area contributed by atoms with E-state index in [9.17, 15) is 0 Å². The van der Waals surface area contributed by atoms with Gasteiger partial charge in [0.1, 0.15) is 0 Å². The molecule has 1 heterocycles. The van der Waals surface area contributed by atoms with Crippen molar-refractivity contribution in [2.75, 3.05) is 30.8 Å². The van der Waals surface area contributed by atoms with Crippen LogP contribution in [0.25, 0.3) is 0 Å². The van der Waals surface area contributed by atoms with E-state index in [1.807, 2.05) is 12.1 Å². The summed E-state index contributed by atoms with van der Waals surface area (Å²) in [7, 11) is 1.79. The first kappa shape index (κ1) is 10.3. The number of nitrogens with zero attached hydrogens (tertiary/aromatic N) is 1. The third-order valence-electron chi connectivity index (χ3n) is 2.97. The van der Waals surface area contributed by atoms with Crippen LogP contribution in [-0.4, -0.2) is 26.3 Å². The van der Waals surface area contributed by atoms with Crippen molar-refractivity contribution in [3.8, 4) is 0 Å². The van der Waals surface area contributed by atoms with Crippen LogP contribution in [0.5, 0.6) is 0 Å². The first-order valence-corrected chi connectivity index (χ1v) is 5.43. The summed E-state index contributed by atoms with van der Waals surface area (Å²) in [5.74, 6) is 0. The maximum Gasteiger partial charge on any atom is 0.0746 e. The molecule has 0 bridgehead atoms. The van der Waals surface area contributed by atoms with E-state index in [2.05, 4.69) is 17.0 Å². The van der Waals surface area contributed by atoms with Crippen LogP contribution in [0.4, 0.5) is 11.4 Å². The number of rotatable bonds is 2. The van der Waals surface area contributed by atoms with Crippen LogP contribution in [0, 0.1) is 0 Å². The van der Waals surface area contributed by atoms with E-state index in [1.165, 1.54) is 18.5 Å². The fourth-order valence-corrected chi connectivity index (χ4v) is 2.05. The van der Waals surface area contributed by atoms with Gasteiger partial charge in [0.15, 0.2) is 0 Å². The number of ether oxygens (including phenoxy) is 1. The first-order valence-electron chi connectivity index (χ1n) is 5.43. The van der Waals surface area contributed by atoms with Crippen molar-refractivity contribution < 1.29 is 4.74 Å². The summed E-state index contributed by atoms with van der Waals surface area (Å²) in [5, 5.41) is 0. The number of methoxy groups -OCH3 is 1. The normalized spacial score (nSPS) is 21.7. The van der Waals surface area contributed by atoms with Crippen molar-refractivity contribution in [2.24, 2.45) is 0 Å². The molecule has 0 saturated carbocycles. The Kier molecular flexibility index (Phi) is 3.11. The lowest BCUT2D eigenvalue weighted by Gasteiger charge is -2.33. The number of nitrogen functional groups attached to an aromatic ring is 1. The van der Waals surface area contributed by atoms with Gasteiger partial charge in [0.25, 0.3) is 0 Å². The van der Waals surface area contributed by atoms with Gasteiger partial charge in [-0.3, -0.25) is 0 Å². The minimum absolute atomic E-state index is 0.372. The van der Waals surface area contributed by atoms with Crippen molar-refractivity contribution >= 4 is 11.4 Å². The third-order valence-corrected chi connectivity index (χ3v) is 2.97. The zero-order valence-electron chi connectivity index (χ0n) is 9.15. The van der Waals surface area contributed by atoms with Gasteiger partial charge in [-0.05, 0) is 37.1 Å². The summed E-state index contributed by atoms with van der Waals surface area (Å²) in [6, 6.07) is 8.05. The Hall–Kier alpha value is -1.22. The zero-order chi connectivity index (χ0) is 10.7. The molecule has 2 N–H and O–H groups in total. The van der Waals surface area contributed by atoms with Crippen LogP contribution < -0.4 is 10.6 Å². The van der Waals surface area contributed by atoms with Gasteiger partial charge >= 0.3 is 0 Å². The minimum Gasteiger partial charge on any atom is -0.399 e. The van der Waals surface area contributed by atoms with E-state index in [4.69, 9.17) is 10.5 Å². The van der Waals surface area contributed by atoms with Crippen LogP contribution in [0.2, 0.25) is 0 Å². The first-order chi connectivity index (χ1) is 7.29. The second-order valence-corrected chi connectivity index (χ2v) is 4.04. The molecule has 1 atom stereocenters. The lowest BCUT2D eigenvalue weighted by Crippen LogP contribution is -2.39. The molecule has 3 heteroatoms. The molecule has 1 saturated heterocycles. The van der Waals surface area contributed by atoms with E-state index >= 15 is 0 Å². The van der Waals surface area contributed by atoms with Crippen molar-refractivity contribution in [1.82, 2.24) is 0 Å². The standard InChI is InChI=1S/C12H18N2O/c1-15-12-3-2-8-14(9-12)11-6-4-10(13)5-7-11/h4-7,12H,2-3,8-9,13H2,1H3/t12-/m1/s1. The molecule has 0 unspecified atom stereocenters. The Morgan fingerprint density at radius 1 is 1.33 bits per heavy atom. The average Bonchev–Trinajstić information content (AvgIpc) is 2.30. The molecule has 1 aromatic rings. The highest BCUT2D eigenvalue weighted by Gasteiger charge is 2.19. The van der Waals surface area contributed by atoms with Crippen molar-refractivity contribution in [3.05, 3.63) is 24.3 Å². The van der Waals surface area contributed by atoms with E-state index in [1.54, 1.807) is 7.11 Å². The summed E-state index contributed by atoms with van der Waals surface area (Å²) < 4.78 is 5.40. The predicted molar refractivity (Wildman–Crippen MR) is 63.1 cm³/mol. The highest BCUT2D eigenvalue weighted by molar-refractivity contribution is 5.53. The Morgan fingerprint density at radius 3 is 2.73 bits per heavy atom. The van der Waals surface area contributed by atoms with Gasteiger partial charge in [-0.25, -0.2) is 0 Å². The highest BCUT2D eigenvalue weighted by atomic mass is 16.5. The molecule has 82 valence electrons. The van der Waals surface area contributed by atoms with Crippen LogP contribution in [-0.2, 0) is 4.74 Å². The van der Waals surface area contributed by atoms with Crippen molar-refractivity contribution in [2.45, 2.75) is 18.9 Å². The molecule has 15 heavy (non-hydrogen) atoms. The third kappa shape index (κ3) is 2.42. The highest BCUT2D eigenvalue weighted by Crippen LogP contribution is 2.21. The lowest BCUT2D eigenvalue weighted by molar-refractivity contribution is 0.0893. The number of anilines is 2. The average molecular weight is 206 g/mol. The molecule has 1 aliphatic rings. The SMILES string of the molecule is CO[C@@H]1CCCN(c2ccc(N)cc2)C1. The van der Waals surface area contributed by atoms with E-state index in [-0.39, 0.29) is 0 Å². The number of benzene rings is 1. The predicted octanol–water partition coefficient (Wildman–Crippen LogP) is 1.88. The summed E-state index contributed by atoms with van der Waals surface area (Å²) in [6.45, 7) is 2.10. The van der Waals surface area contributed by atoms with E-state index in [0.717, 1.165) is 18.8 Å². The molecule has 0 amide bonds. The molecule has 0 spiro atoms. The van der Waals surface area contributed by atoms with E-state index < -0.39 is 0 Å². The van der Waals surface area contributed by atoms with Gasteiger partial charge in [0.2, 0.25) is 0 Å². The zero-order valence-corrected chi connectivity index (χ0v) is 9.15. The summed E-state index contributed by atoms with van der Waals surface area (Å²) in [6.07, 6.45) is 2.74. The quantitative estimate of drug-likeness (QED) is 0.751. The van der Waals surface area contributed by atoms with Crippen LogP contribution in [0.15, 0.2) is 24.3 Å². The van der Waals surface area contributed by atoms with E-state index in [0.29, 0.717) is 6.10 Å². The monoisotopic (exact) mass is 206 g/mol. The number of hydrogen-bond acceptors (Lipinski definition) is 3. The van der Waals surface area contributed by atoms with Gasteiger partial charge in [0, 0.05) is 31.6 Å². The Balaban J connectivity index is 2.06. The van der Waals surface area contributed by atoms with Gasteiger partial charge in [-0.1, -0.05) is 0 Å². The Labute approximate surface area is 90.8 Å². The largest absolute Gasteiger partial charge is 0.399 e. The van der Waals surface area contributed by atoms with Crippen molar-refractivity contribution in [1.29, 1.82) is 0 Å². The second kappa shape index (κ2) is 4.53. The van der Waals surface area contributed by atoms with Crippen molar-refractivity contribution in [3.63, 3.8) is 0 Å².